The van der Waals surface area contributed by atoms with Crippen LogP contribution in [-0.4, -0.2) is 67.7 Å². The number of likely N-dealkylation sites (tertiary alicyclic amines) is 1. The number of ether oxygens (including phenoxy) is 1. The summed E-state index contributed by atoms with van der Waals surface area (Å²) in [5.74, 6) is 0.727. The molecular weight excluding hydrogens is 362 g/mol. The van der Waals surface area contributed by atoms with Crippen LogP contribution in [0.1, 0.15) is 38.3 Å². The highest BCUT2D eigenvalue weighted by atomic mass is 35.5. The summed E-state index contributed by atoms with van der Waals surface area (Å²) in [5, 5.41) is 3.83. The molecule has 0 spiro atoms. The smallest absolute Gasteiger partial charge is 0.234 e. The van der Waals surface area contributed by atoms with Crippen molar-refractivity contribution in [3.8, 4) is 0 Å². The lowest BCUT2D eigenvalue weighted by Crippen LogP contribution is -2.49. The van der Waals surface area contributed by atoms with E-state index < -0.39 is 0 Å². The van der Waals surface area contributed by atoms with Crippen molar-refractivity contribution < 1.29 is 9.53 Å². The van der Waals surface area contributed by atoms with Crippen LogP contribution >= 0.6 is 11.6 Å². The number of hydrogen-bond acceptors (Lipinski definition) is 4. The molecule has 1 amide bonds. The van der Waals surface area contributed by atoms with Gasteiger partial charge in [-0.25, -0.2) is 0 Å². The van der Waals surface area contributed by atoms with E-state index in [1.807, 2.05) is 18.2 Å². The van der Waals surface area contributed by atoms with Gasteiger partial charge in [0.15, 0.2) is 0 Å². The zero-order chi connectivity index (χ0) is 19.2. The second-order valence-electron chi connectivity index (χ2n) is 8.13. The molecule has 2 saturated heterocycles. The predicted molar refractivity (Wildman–Crippen MR) is 109 cm³/mol. The number of benzene rings is 1. The Kier molecular flexibility index (Phi) is 7.53. The molecule has 1 aromatic rings. The first-order valence-corrected chi connectivity index (χ1v) is 10.5. The van der Waals surface area contributed by atoms with Crippen LogP contribution < -0.4 is 5.32 Å². The van der Waals surface area contributed by atoms with Crippen LogP contribution in [-0.2, 0) is 9.53 Å². The topological polar surface area (TPSA) is 44.8 Å². The molecule has 3 rings (SSSR count). The lowest BCUT2D eigenvalue weighted by atomic mass is 10.0. The van der Waals surface area contributed by atoms with Gasteiger partial charge in [0.2, 0.25) is 5.91 Å². The van der Waals surface area contributed by atoms with Gasteiger partial charge in [-0.1, -0.05) is 37.6 Å². The Morgan fingerprint density at radius 1 is 1.37 bits per heavy atom. The maximum atomic E-state index is 12.5. The Labute approximate surface area is 168 Å². The maximum Gasteiger partial charge on any atom is 0.234 e. The number of amides is 1. The van der Waals surface area contributed by atoms with Crippen molar-refractivity contribution in [2.45, 2.75) is 38.8 Å². The van der Waals surface area contributed by atoms with Gasteiger partial charge in [-0.3, -0.25) is 14.6 Å². The Hall–Kier alpha value is -1.14. The van der Waals surface area contributed by atoms with E-state index in [0.717, 1.165) is 50.7 Å². The van der Waals surface area contributed by atoms with Gasteiger partial charge >= 0.3 is 0 Å². The minimum absolute atomic E-state index is 0.0773. The van der Waals surface area contributed by atoms with E-state index in [1.54, 1.807) is 0 Å². The zero-order valence-corrected chi connectivity index (χ0v) is 17.3. The predicted octanol–water partition coefficient (Wildman–Crippen LogP) is 2.95. The van der Waals surface area contributed by atoms with E-state index in [2.05, 4.69) is 35.0 Å². The fourth-order valence-electron chi connectivity index (χ4n) is 4.16. The average molecular weight is 394 g/mol. The number of hydrogen-bond donors (Lipinski definition) is 1. The largest absolute Gasteiger partial charge is 0.374 e. The molecule has 0 aliphatic carbocycles. The molecule has 6 heteroatoms. The minimum Gasteiger partial charge on any atom is -0.374 e. The number of carbonyl (C=O) groups excluding carboxylic acids is 1. The molecule has 0 saturated carbocycles. The molecule has 2 fully saturated rings. The van der Waals surface area contributed by atoms with Crippen molar-refractivity contribution in [2.75, 3.05) is 45.9 Å². The average Bonchev–Trinajstić information content (AvgIpc) is 3.08. The summed E-state index contributed by atoms with van der Waals surface area (Å²) in [4.78, 5) is 17.2. The zero-order valence-electron chi connectivity index (χ0n) is 16.5. The second kappa shape index (κ2) is 9.87. The molecule has 2 atom stereocenters. The Morgan fingerprint density at radius 2 is 2.22 bits per heavy atom. The summed E-state index contributed by atoms with van der Waals surface area (Å²) in [6, 6.07) is 8.27. The number of carbonyl (C=O) groups is 1. The molecule has 2 unspecified atom stereocenters. The van der Waals surface area contributed by atoms with Gasteiger partial charge in [-0.05, 0) is 43.0 Å². The molecule has 0 bridgehead atoms. The Morgan fingerprint density at radius 3 is 3.00 bits per heavy atom. The maximum absolute atomic E-state index is 12.5. The molecule has 2 heterocycles. The van der Waals surface area contributed by atoms with Gasteiger partial charge in [0, 0.05) is 37.2 Å². The van der Waals surface area contributed by atoms with Crippen molar-refractivity contribution >= 4 is 17.5 Å². The summed E-state index contributed by atoms with van der Waals surface area (Å²) in [6.07, 6.45) is 2.27. The minimum atomic E-state index is 0.0773. The summed E-state index contributed by atoms with van der Waals surface area (Å²) < 4.78 is 5.83. The van der Waals surface area contributed by atoms with Crippen molar-refractivity contribution in [1.82, 2.24) is 15.1 Å². The van der Waals surface area contributed by atoms with E-state index in [0.29, 0.717) is 19.0 Å². The summed E-state index contributed by atoms with van der Waals surface area (Å²) in [6.45, 7) is 10.1. The third-order valence-corrected chi connectivity index (χ3v) is 5.55. The molecule has 2 aliphatic heterocycles. The van der Waals surface area contributed by atoms with Gasteiger partial charge in [-0.2, -0.15) is 0 Å². The fourth-order valence-corrected chi connectivity index (χ4v) is 4.36. The number of rotatable bonds is 7. The summed E-state index contributed by atoms with van der Waals surface area (Å²) in [7, 11) is 0. The normalized spacial score (nSPS) is 24.4. The van der Waals surface area contributed by atoms with E-state index >= 15 is 0 Å². The quantitative estimate of drug-likeness (QED) is 0.773. The molecule has 27 heavy (non-hydrogen) atoms. The van der Waals surface area contributed by atoms with Crippen LogP contribution in [0.4, 0.5) is 0 Å². The molecule has 0 aromatic heterocycles. The second-order valence-corrected chi connectivity index (χ2v) is 8.57. The fraction of sp³-hybridized carbons (Fsp3) is 0.667. The van der Waals surface area contributed by atoms with E-state index in [9.17, 15) is 4.79 Å². The summed E-state index contributed by atoms with van der Waals surface area (Å²) >= 11 is 6.14. The third kappa shape index (κ3) is 6.18. The Balaban J connectivity index is 1.46. The number of morpholine rings is 1. The van der Waals surface area contributed by atoms with Crippen LogP contribution in [0.2, 0.25) is 5.02 Å². The van der Waals surface area contributed by atoms with Crippen molar-refractivity contribution in [3.05, 3.63) is 34.9 Å². The number of nitrogens with one attached hydrogen (secondary N) is 1. The first kappa shape index (κ1) is 20.6. The van der Waals surface area contributed by atoms with Gasteiger partial charge in [0.1, 0.15) is 0 Å². The SMILES string of the molecule is CC(C)CN1CCOC(CNC(=O)CN2CCCC2c2cccc(Cl)c2)C1. The Bertz CT molecular complexity index is 625. The van der Waals surface area contributed by atoms with Gasteiger partial charge in [-0.15, -0.1) is 0 Å². The van der Waals surface area contributed by atoms with Crippen molar-refractivity contribution in [2.24, 2.45) is 5.92 Å². The van der Waals surface area contributed by atoms with E-state index in [4.69, 9.17) is 16.3 Å². The van der Waals surface area contributed by atoms with Gasteiger partial charge in [0.05, 0.1) is 19.3 Å². The van der Waals surface area contributed by atoms with E-state index in [1.165, 1.54) is 5.56 Å². The first-order valence-electron chi connectivity index (χ1n) is 10.1. The highest BCUT2D eigenvalue weighted by molar-refractivity contribution is 6.30. The molecular formula is C21H32ClN3O2. The summed E-state index contributed by atoms with van der Waals surface area (Å²) in [5.41, 5.74) is 1.20. The van der Waals surface area contributed by atoms with Crippen molar-refractivity contribution in [1.29, 1.82) is 0 Å². The molecule has 2 aliphatic rings. The molecule has 1 N–H and O–H groups in total. The molecule has 1 aromatic carbocycles. The van der Waals surface area contributed by atoms with E-state index in [-0.39, 0.29) is 18.1 Å². The lowest BCUT2D eigenvalue weighted by molar-refractivity contribution is -0.123. The van der Waals surface area contributed by atoms with Crippen LogP contribution in [0.25, 0.3) is 0 Å². The molecule has 150 valence electrons. The van der Waals surface area contributed by atoms with Crippen LogP contribution in [0, 0.1) is 5.92 Å². The standard InChI is InChI=1S/C21H32ClN3O2/c1-16(2)13-24-9-10-27-19(14-24)12-23-21(26)15-25-8-4-7-20(25)17-5-3-6-18(22)11-17/h3,5-6,11,16,19-20H,4,7-10,12-15H2,1-2H3,(H,23,26). The van der Waals surface area contributed by atoms with Crippen molar-refractivity contribution in [3.63, 3.8) is 0 Å². The third-order valence-electron chi connectivity index (χ3n) is 5.32. The van der Waals surface area contributed by atoms with Crippen LogP contribution in [0.15, 0.2) is 24.3 Å². The van der Waals surface area contributed by atoms with Gasteiger partial charge in [0.25, 0.3) is 0 Å². The van der Waals surface area contributed by atoms with Gasteiger partial charge < -0.3 is 10.1 Å². The monoisotopic (exact) mass is 393 g/mol. The highest BCUT2D eigenvalue weighted by Crippen LogP contribution is 2.32. The molecule has 5 nitrogen and oxygen atoms in total. The first-order chi connectivity index (χ1) is 13.0. The number of nitrogens with zero attached hydrogens (tertiary/aromatic N) is 2. The lowest BCUT2D eigenvalue weighted by Gasteiger charge is -2.34. The van der Waals surface area contributed by atoms with Crippen LogP contribution in [0.5, 0.6) is 0 Å². The van der Waals surface area contributed by atoms with Crippen LogP contribution in [0.3, 0.4) is 0 Å². The molecule has 0 radical (unpaired) electrons. The number of halogens is 1. The highest BCUT2D eigenvalue weighted by Gasteiger charge is 2.28.